The number of benzene rings is 1. The van der Waals surface area contributed by atoms with Crippen molar-refractivity contribution >= 4 is 46.4 Å². The summed E-state index contributed by atoms with van der Waals surface area (Å²) in [5.74, 6) is -0.405. The average molecular weight is 310 g/mol. The Hall–Kier alpha value is -1.93. The number of hydrogen-bond donors (Lipinski definition) is 1. The van der Waals surface area contributed by atoms with Crippen molar-refractivity contribution in [2.45, 2.75) is 0 Å². The van der Waals surface area contributed by atoms with E-state index in [1.807, 2.05) is 0 Å². The summed E-state index contributed by atoms with van der Waals surface area (Å²) >= 11 is 6.27. The molecule has 6 nitrogen and oxygen atoms in total. The number of carbonyl (C=O) groups is 2. The molecule has 20 heavy (non-hydrogen) atoms. The van der Waals surface area contributed by atoms with Crippen molar-refractivity contribution in [1.82, 2.24) is 5.01 Å². The van der Waals surface area contributed by atoms with Crippen LogP contribution in [-0.4, -0.2) is 44.9 Å². The number of hydrogen-bond acceptors (Lipinski definition) is 6. The number of thioether (sulfide) groups is 1. The quantitative estimate of drug-likeness (QED) is 0.653. The zero-order valence-electron chi connectivity index (χ0n) is 10.2. The van der Waals surface area contributed by atoms with E-state index in [1.54, 1.807) is 24.3 Å². The molecule has 0 aromatic heterocycles. The van der Waals surface area contributed by atoms with Crippen molar-refractivity contribution in [3.8, 4) is 5.75 Å². The van der Waals surface area contributed by atoms with Crippen LogP contribution in [0.25, 0.3) is 0 Å². The van der Waals surface area contributed by atoms with Gasteiger partial charge in [-0.05, 0) is 29.8 Å². The largest absolute Gasteiger partial charge is 0.482 e. The fourth-order valence-corrected chi connectivity index (χ4v) is 2.34. The van der Waals surface area contributed by atoms with E-state index in [0.717, 1.165) is 5.56 Å². The van der Waals surface area contributed by atoms with E-state index in [1.165, 1.54) is 23.0 Å². The van der Waals surface area contributed by atoms with Crippen LogP contribution >= 0.6 is 24.0 Å². The third kappa shape index (κ3) is 3.78. The molecule has 0 spiro atoms. The molecule has 1 heterocycles. The first-order valence-corrected chi connectivity index (χ1v) is 6.94. The van der Waals surface area contributed by atoms with Gasteiger partial charge in [0.1, 0.15) is 5.75 Å². The molecule has 0 radical (unpaired) electrons. The van der Waals surface area contributed by atoms with E-state index in [2.05, 4.69) is 5.10 Å². The predicted molar refractivity (Wildman–Crippen MR) is 79.1 cm³/mol. The number of rotatable bonds is 5. The second-order valence-corrected chi connectivity index (χ2v) is 5.37. The summed E-state index contributed by atoms with van der Waals surface area (Å²) in [4.78, 5) is 21.8. The third-order valence-electron chi connectivity index (χ3n) is 2.29. The fourth-order valence-electron chi connectivity index (χ4n) is 1.38. The minimum absolute atomic E-state index is 0.141. The third-order valence-corrected chi connectivity index (χ3v) is 3.63. The molecule has 104 valence electrons. The maximum absolute atomic E-state index is 11.4. The number of thiocarbonyl (C=S) groups is 1. The number of ether oxygens (including phenoxy) is 1. The first-order chi connectivity index (χ1) is 9.56. The number of carbonyl (C=O) groups excluding carboxylic acids is 1. The van der Waals surface area contributed by atoms with Crippen LogP contribution in [0, 0.1) is 0 Å². The molecule has 1 aliphatic heterocycles. The lowest BCUT2D eigenvalue weighted by molar-refractivity contribution is -0.139. The molecule has 0 bridgehead atoms. The van der Waals surface area contributed by atoms with E-state index < -0.39 is 5.97 Å². The van der Waals surface area contributed by atoms with Gasteiger partial charge in [0.2, 0.25) is 0 Å². The van der Waals surface area contributed by atoms with Gasteiger partial charge >= 0.3 is 5.97 Å². The number of nitrogens with zero attached hydrogens (tertiary/aromatic N) is 2. The lowest BCUT2D eigenvalue weighted by Crippen LogP contribution is -2.22. The molecule has 1 aromatic rings. The van der Waals surface area contributed by atoms with Gasteiger partial charge in [0.25, 0.3) is 5.91 Å². The van der Waals surface area contributed by atoms with Crippen molar-refractivity contribution in [1.29, 1.82) is 0 Å². The molecule has 0 atom stereocenters. The average Bonchev–Trinajstić information content (AvgIpc) is 2.75. The van der Waals surface area contributed by atoms with E-state index in [4.69, 9.17) is 22.1 Å². The van der Waals surface area contributed by atoms with Gasteiger partial charge in [-0.3, -0.25) is 4.79 Å². The zero-order valence-corrected chi connectivity index (χ0v) is 11.8. The predicted octanol–water partition coefficient (Wildman–Crippen LogP) is 1.34. The van der Waals surface area contributed by atoms with Crippen LogP contribution in [0.3, 0.4) is 0 Å². The Morgan fingerprint density at radius 3 is 2.75 bits per heavy atom. The Labute approximate surface area is 124 Å². The number of hydrazone groups is 1. The number of carboxylic acid groups (broad SMARTS) is 1. The summed E-state index contributed by atoms with van der Waals surface area (Å²) in [5.41, 5.74) is 0.750. The second kappa shape index (κ2) is 6.49. The zero-order chi connectivity index (χ0) is 14.5. The van der Waals surface area contributed by atoms with Crippen molar-refractivity contribution in [2.75, 3.05) is 12.4 Å². The first kappa shape index (κ1) is 14.5. The Morgan fingerprint density at radius 2 is 2.20 bits per heavy atom. The van der Waals surface area contributed by atoms with Gasteiger partial charge in [-0.15, -0.1) is 0 Å². The summed E-state index contributed by atoms with van der Waals surface area (Å²) < 4.78 is 5.44. The van der Waals surface area contributed by atoms with Gasteiger partial charge in [-0.25, -0.2) is 4.79 Å². The minimum Gasteiger partial charge on any atom is -0.482 e. The Morgan fingerprint density at radius 1 is 1.50 bits per heavy atom. The summed E-state index contributed by atoms with van der Waals surface area (Å²) in [6.45, 7) is -0.388. The molecule has 1 aliphatic rings. The molecule has 8 heteroatoms. The molecule has 1 aromatic carbocycles. The van der Waals surface area contributed by atoms with Crippen LogP contribution in [-0.2, 0) is 9.59 Å². The highest BCUT2D eigenvalue weighted by atomic mass is 32.2. The molecule has 1 fully saturated rings. The maximum Gasteiger partial charge on any atom is 0.341 e. The minimum atomic E-state index is -1.03. The molecule has 2 rings (SSSR count). The van der Waals surface area contributed by atoms with E-state index in [9.17, 15) is 9.59 Å². The van der Waals surface area contributed by atoms with Crippen molar-refractivity contribution in [3.63, 3.8) is 0 Å². The van der Waals surface area contributed by atoms with Crippen molar-refractivity contribution in [2.24, 2.45) is 5.10 Å². The summed E-state index contributed by atoms with van der Waals surface area (Å²) in [5, 5.41) is 13.7. The highest BCUT2D eigenvalue weighted by molar-refractivity contribution is 8.23. The van der Waals surface area contributed by atoms with Gasteiger partial charge in [0.15, 0.2) is 10.9 Å². The lowest BCUT2D eigenvalue weighted by Gasteiger charge is -2.06. The molecule has 0 unspecified atom stereocenters. The molecule has 0 aliphatic carbocycles. The van der Waals surface area contributed by atoms with E-state index in [0.29, 0.717) is 15.8 Å². The number of amides is 1. The van der Waals surface area contributed by atoms with Crippen LogP contribution in [0.4, 0.5) is 0 Å². The number of carboxylic acids is 1. The second-order valence-electron chi connectivity index (χ2n) is 3.76. The maximum atomic E-state index is 11.4. The first-order valence-electron chi connectivity index (χ1n) is 5.54. The van der Waals surface area contributed by atoms with Crippen LogP contribution < -0.4 is 4.74 Å². The van der Waals surface area contributed by atoms with Gasteiger partial charge in [0.05, 0.1) is 12.0 Å². The Balaban J connectivity index is 1.98. The molecule has 1 N–H and O–H groups in total. The summed E-state index contributed by atoms with van der Waals surface area (Å²) in [6, 6.07) is 6.67. The molecular weight excluding hydrogens is 300 g/mol. The summed E-state index contributed by atoms with van der Waals surface area (Å²) in [6.07, 6.45) is 1.51. The van der Waals surface area contributed by atoms with Gasteiger partial charge < -0.3 is 9.84 Å². The molecule has 0 saturated carbocycles. The standard InChI is InChI=1S/C12H10N2O4S2/c15-10-7-20-12(19)14(10)13-5-8-1-3-9(4-2-8)18-6-11(16)17/h1-5H,6-7H2,(H,16,17)/b13-5+. The van der Waals surface area contributed by atoms with Crippen LogP contribution in [0.2, 0.25) is 0 Å². The van der Waals surface area contributed by atoms with Crippen molar-refractivity contribution in [3.05, 3.63) is 29.8 Å². The highest BCUT2D eigenvalue weighted by Gasteiger charge is 2.25. The fraction of sp³-hybridized carbons (Fsp3) is 0.167. The monoisotopic (exact) mass is 310 g/mol. The van der Waals surface area contributed by atoms with Gasteiger partial charge in [-0.2, -0.15) is 10.1 Å². The van der Waals surface area contributed by atoms with E-state index >= 15 is 0 Å². The van der Waals surface area contributed by atoms with Gasteiger partial charge in [0, 0.05) is 0 Å². The molecule has 1 saturated heterocycles. The Bertz CT molecular complexity index is 555. The van der Waals surface area contributed by atoms with Crippen LogP contribution in [0.1, 0.15) is 5.56 Å². The Kier molecular flexibility index (Phi) is 4.70. The van der Waals surface area contributed by atoms with Crippen LogP contribution in [0.5, 0.6) is 5.75 Å². The SMILES string of the molecule is O=C(O)COc1ccc(/C=N/N2C(=O)CSC2=S)cc1. The highest BCUT2D eigenvalue weighted by Crippen LogP contribution is 2.19. The normalized spacial score (nSPS) is 15.1. The molecular formula is C12H10N2O4S2. The van der Waals surface area contributed by atoms with Crippen molar-refractivity contribution < 1.29 is 19.4 Å². The van der Waals surface area contributed by atoms with Gasteiger partial charge in [-0.1, -0.05) is 24.0 Å². The number of aliphatic carboxylic acids is 1. The smallest absolute Gasteiger partial charge is 0.341 e. The molecule has 1 amide bonds. The summed E-state index contributed by atoms with van der Waals surface area (Å²) in [7, 11) is 0. The topological polar surface area (TPSA) is 79.2 Å². The van der Waals surface area contributed by atoms with E-state index in [-0.39, 0.29) is 12.5 Å². The lowest BCUT2D eigenvalue weighted by atomic mass is 10.2. The van der Waals surface area contributed by atoms with Crippen LogP contribution in [0.15, 0.2) is 29.4 Å².